The summed E-state index contributed by atoms with van der Waals surface area (Å²) in [5, 5.41) is 3.06. The van der Waals surface area contributed by atoms with Crippen molar-refractivity contribution in [1.29, 1.82) is 0 Å². The Morgan fingerprint density at radius 2 is 1.75 bits per heavy atom. The van der Waals surface area contributed by atoms with Crippen LogP contribution in [-0.2, 0) is 0 Å². The van der Waals surface area contributed by atoms with Gasteiger partial charge in [-0.1, -0.05) is 30.3 Å². The molecular formula is C23H30N4O. The topological polar surface area (TPSA) is 38.8 Å². The zero-order valence-corrected chi connectivity index (χ0v) is 16.7. The molecule has 2 heterocycles. The summed E-state index contributed by atoms with van der Waals surface area (Å²) in [6.07, 6.45) is 2.25. The first-order chi connectivity index (χ1) is 13.7. The van der Waals surface area contributed by atoms with Crippen LogP contribution in [-0.4, -0.2) is 61.1 Å². The largest absolute Gasteiger partial charge is 0.369 e. The molecule has 28 heavy (non-hydrogen) atoms. The number of hydrogen-bond donors (Lipinski definition) is 1. The Kier molecular flexibility index (Phi) is 5.81. The number of hydrogen-bond acceptors (Lipinski definition) is 3. The fourth-order valence-electron chi connectivity index (χ4n) is 4.35. The standard InChI is InChI=1S/C23H30N4O/c1-19-7-5-8-20(17-19)24-23(28)27-12-6-11-22(18-27)26-15-13-25(14-16-26)21-9-3-2-4-10-21/h2-5,7-10,17,22H,6,11-16,18H2,1H3,(H,24,28)/t22-/m1/s1. The Hall–Kier alpha value is -2.53. The van der Waals surface area contributed by atoms with Crippen LogP contribution < -0.4 is 10.2 Å². The molecule has 4 rings (SSSR count). The molecule has 2 aliphatic rings. The van der Waals surface area contributed by atoms with E-state index in [1.165, 1.54) is 12.1 Å². The highest BCUT2D eigenvalue weighted by Crippen LogP contribution is 2.21. The lowest BCUT2D eigenvalue weighted by Gasteiger charge is -2.43. The molecule has 0 aromatic heterocycles. The summed E-state index contributed by atoms with van der Waals surface area (Å²) in [6, 6.07) is 19.1. The Bertz CT molecular complexity index is 786. The number of nitrogens with one attached hydrogen (secondary N) is 1. The van der Waals surface area contributed by atoms with Crippen molar-refractivity contribution in [2.24, 2.45) is 0 Å². The fraction of sp³-hybridized carbons (Fsp3) is 0.435. The quantitative estimate of drug-likeness (QED) is 0.883. The van der Waals surface area contributed by atoms with Gasteiger partial charge in [-0.05, 0) is 49.6 Å². The first-order valence-corrected chi connectivity index (χ1v) is 10.4. The highest BCUT2D eigenvalue weighted by atomic mass is 16.2. The molecule has 2 aromatic carbocycles. The van der Waals surface area contributed by atoms with Crippen molar-refractivity contribution < 1.29 is 4.79 Å². The van der Waals surface area contributed by atoms with Crippen LogP contribution in [0.4, 0.5) is 16.2 Å². The van der Waals surface area contributed by atoms with Gasteiger partial charge in [-0.15, -0.1) is 0 Å². The van der Waals surface area contributed by atoms with E-state index in [4.69, 9.17) is 0 Å². The van der Waals surface area contributed by atoms with E-state index in [-0.39, 0.29) is 6.03 Å². The second kappa shape index (κ2) is 8.65. The number of anilines is 2. The number of urea groups is 1. The maximum absolute atomic E-state index is 12.7. The van der Waals surface area contributed by atoms with Crippen LogP contribution in [0.5, 0.6) is 0 Å². The predicted molar refractivity (Wildman–Crippen MR) is 115 cm³/mol. The molecule has 2 fully saturated rings. The number of piperidine rings is 1. The third-order valence-corrected chi connectivity index (χ3v) is 5.91. The van der Waals surface area contributed by atoms with Crippen molar-refractivity contribution in [3.63, 3.8) is 0 Å². The summed E-state index contributed by atoms with van der Waals surface area (Å²) in [7, 11) is 0. The molecule has 2 saturated heterocycles. The van der Waals surface area contributed by atoms with Gasteiger partial charge in [-0.2, -0.15) is 0 Å². The number of rotatable bonds is 3. The number of carbonyl (C=O) groups excluding carboxylic acids is 1. The third kappa shape index (κ3) is 4.47. The molecule has 148 valence electrons. The lowest BCUT2D eigenvalue weighted by atomic mass is 10.0. The van der Waals surface area contributed by atoms with Crippen molar-refractivity contribution >= 4 is 17.4 Å². The zero-order chi connectivity index (χ0) is 19.3. The van der Waals surface area contributed by atoms with E-state index in [0.717, 1.165) is 56.9 Å². The van der Waals surface area contributed by atoms with Gasteiger partial charge in [0.2, 0.25) is 0 Å². The molecule has 0 spiro atoms. The number of amides is 2. The van der Waals surface area contributed by atoms with Crippen molar-refractivity contribution in [2.75, 3.05) is 49.5 Å². The smallest absolute Gasteiger partial charge is 0.321 e. The molecule has 0 saturated carbocycles. The SMILES string of the molecule is Cc1cccc(NC(=O)N2CCC[C@@H](N3CCN(c4ccccc4)CC3)C2)c1. The van der Waals surface area contributed by atoms with Gasteiger partial charge in [0, 0.05) is 56.7 Å². The molecule has 1 N–H and O–H groups in total. The number of piperazine rings is 1. The highest BCUT2D eigenvalue weighted by molar-refractivity contribution is 5.89. The van der Waals surface area contributed by atoms with Crippen LogP contribution in [0.2, 0.25) is 0 Å². The minimum Gasteiger partial charge on any atom is -0.369 e. The lowest BCUT2D eigenvalue weighted by molar-refractivity contribution is 0.108. The summed E-state index contributed by atoms with van der Waals surface area (Å²) < 4.78 is 0. The Morgan fingerprint density at radius 3 is 2.50 bits per heavy atom. The lowest BCUT2D eigenvalue weighted by Crippen LogP contribution is -2.56. The van der Waals surface area contributed by atoms with E-state index in [9.17, 15) is 4.79 Å². The van der Waals surface area contributed by atoms with E-state index in [0.29, 0.717) is 6.04 Å². The fourth-order valence-corrected chi connectivity index (χ4v) is 4.35. The third-order valence-electron chi connectivity index (χ3n) is 5.91. The van der Waals surface area contributed by atoms with Crippen LogP contribution in [0.15, 0.2) is 54.6 Å². The molecule has 5 nitrogen and oxygen atoms in total. The van der Waals surface area contributed by atoms with Gasteiger partial charge in [-0.25, -0.2) is 4.79 Å². The number of nitrogens with zero attached hydrogens (tertiary/aromatic N) is 3. The van der Waals surface area contributed by atoms with Crippen molar-refractivity contribution in [3.05, 3.63) is 60.2 Å². The van der Waals surface area contributed by atoms with Crippen LogP contribution >= 0.6 is 0 Å². The molecule has 0 aliphatic carbocycles. The van der Waals surface area contributed by atoms with Crippen molar-refractivity contribution in [1.82, 2.24) is 9.80 Å². The van der Waals surface area contributed by atoms with E-state index >= 15 is 0 Å². The molecule has 0 radical (unpaired) electrons. The van der Waals surface area contributed by atoms with Crippen LogP contribution in [0, 0.1) is 6.92 Å². The zero-order valence-electron chi connectivity index (χ0n) is 16.7. The van der Waals surface area contributed by atoms with Gasteiger partial charge in [0.15, 0.2) is 0 Å². The van der Waals surface area contributed by atoms with E-state index in [1.54, 1.807) is 0 Å². The minimum atomic E-state index is 0.0261. The number of para-hydroxylation sites is 1. The summed E-state index contributed by atoms with van der Waals surface area (Å²) in [5.41, 5.74) is 3.35. The molecule has 5 heteroatoms. The van der Waals surface area contributed by atoms with Gasteiger partial charge in [0.25, 0.3) is 0 Å². The second-order valence-electron chi connectivity index (χ2n) is 7.90. The Labute approximate surface area is 167 Å². The number of aryl methyl sites for hydroxylation is 1. The van der Waals surface area contributed by atoms with Gasteiger partial charge in [0.1, 0.15) is 0 Å². The molecule has 2 amide bonds. The minimum absolute atomic E-state index is 0.0261. The monoisotopic (exact) mass is 378 g/mol. The average Bonchev–Trinajstić information content (AvgIpc) is 2.75. The molecule has 2 aromatic rings. The second-order valence-corrected chi connectivity index (χ2v) is 7.90. The molecular weight excluding hydrogens is 348 g/mol. The average molecular weight is 379 g/mol. The summed E-state index contributed by atoms with van der Waals surface area (Å²) >= 11 is 0. The van der Waals surface area contributed by atoms with Gasteiger partial charge < -0.3 is 15.1 Å². The van der Waals surface area contributed by atoms with Gasteiger partial charge >= 0.3 is 6.03 Å². The molecule has 2 aliphatic heterocycles. The van der Waals surface area contributed by atoms with E-state index < -0.39 is 0 Å². The van der Waals surface area contributed by atoms with Crippen LogP contribution in [0.25, 0.3) is 0 Å². The van der Waals surface area contributed by atoms with Crippen molar-refractivity contribution in [3.8, 4) is 0 Å². The summed E-state index contributed by atoms with van der Waals surface area (Å²) in [5.74, 6) is 0. The molecule has 1 atom stereocenters. The Balaban J connectivity index is 1.31. The van der Waals surface area contributed by atoms with Crippen LogP contribution in [0.1, 0.15) is 18.4 Å². The van der Waals surface area contributed by atoms with E-state index in [1.807, 2.05) is 36.1 Å². The predicted octanol–water partition coefficient (Wildman–Crippen LogP) is 3.81. The highest BCUT2D eigenvalue weighted by Gasteiger charge is 2.30. The maximum atomic E-state index is 12.7. The summed E-state index contributed by atoms with van der Waals surface area (Å²) in [4.78, 5) is 19.8. The Morgan fingerprint density at radius 1 is 0.964 bits per heavy atom. The number of benzene rings is 2. The van der Waals surface area contributed by atoms with Gasteiger partial charge in [0.05, 0.1) is 0 Å². The van der Waals surface area contributed by atoms with Crippen molar-refractivity contribution in [2.45, 2.75) is 25.8 Å². The normalized spacial score (nSPS) is 20.8. The van der Waals surface area contributed by atoms with Gasteiger partial charge in [-0.3, -0.25) is 4.90 Å². The number of likely N-dealkylation sites (tertiary alicyclic amines) is 1. The maximum Gasteiger partial charge on any atom is 0.321 e. The first-order valence-electron chi connectivity index (χ1n) is 10.4. The summed E-state index contributed by atoms with van der Waals surface area (Å²) in [6.45, 7) is 7.94. The van der Waals surface area contributed by atoms with Crippen LogP contribution in [0.3, 0.4) is 0 Å². The first kappa shape index (κ1) is 18.8. The molecule has 0 unspecified atom stereocenters. The van der Waals surface area contributed by atoms with E-state index in [2.05, 4.69) is 45.4 Å². The molecule has 0 bridgehead atoms. The number of carbonyl (C=O) groups is 1.